The monoisotopic (exact) mass is 450 g/mol. The molecule has 3 aromatic rings. The smallest absolute Gasteiger partial charge is 0.342 e. The first-order valence-corrected chi connectivity index (χ1v) is 10.6. The van der Waals surface area contributed by atoms with E-state index in [-0.39, 0.29) is 23.3 Å². The van der Waals surface area contributed by atoms with E-state index in [1.54, 1.807) is 6.07 Å². The van der Waals surface area contributed by atoms with Crippen LogP contribution in [-0.2, 0) is 11.2 Å². The number of halogens is 1. The Labute approximate surface area is 179 Å². The van der Waals surface area contributed by atoms with E-state index in [9.17, 15) is 9.90 Å². The quantitative estimate of drug-likeness (QED) is 0.470. The molecule has 3 nitrogen and oxygen atoms in total. The molecule has 1 unspecified atom stereocenters. The van der Waals surface area contributed by atoms with Crippen LogP contribution in [0.1, 0.15) is 52.4 Å². The number of rotatable bonds is 3. The summed E-state index contributed by atoms with van der Waals surface area (Å²) in [6.45, 7) is 5.61. The molecule has 1 N–H and O–H groups in total. The molecule has 4 heteroatoms. The Hall–Kier alpha value is -2.59. The Balaban J connectivity index is 1.99. The third-order valence-corrected chi connectivity index (χ3v) is 5.95. The third kappa shape index (κ3) is 3.58. The van der Waals surface area contributed by atoms with Gasteiger partial charge in [0.25, 0.3) is 0 Å². The average Bonchev–Trinajstić information content (AvgIpc) is 2.67. The van der Waals surface area contributed by atoms with Gasteiger partial charge in [-0.2, -0.15) is 0 Å². The first-order valence-electron chi connectivity index (χ1n) is 9.78. The van der Waals surface area contributed by atoms with Crippen LogP contribution in [0.5, 0.6) is 5.75 Å². The maximum Gasteiger partial charge on any atom is 0.342 e. The van der Waals surface area contributed by atoms with Crippen LogP contribution in [0.4, 0.5) is 0 Å². The van der Waals surface area contributed by atoms with Gasteiger partial charge in [-0.25, -0.2) is 4.79 Å². The summed E-state index contributed by atoms with van der Waals surface area (Å²) < 4.78 is 6.45. The molecule has 1 aliphatic carbocycles. The van der Waals surface area contributed by atoms with Gasteiger partial charge in [-0.05, 0) is 73.2 Å². The summed E-state index contributed by atoms with van der Waals surface area (Å²) in [7, 11) is 0. The number of hydrogen-bond donors (Lipinski definition) is 1. The molecule has 4 rings (SSSR count). The van der Waals surface area contributed by atoms with Crippen molar-refractivity contribution in [2.45, 2.75) is 39.2 Å². The topological polar surface area (TPSA) is 46.5 Å². The summed E-state index contributed by atoms with van der Waals surface area (Å²) in [5.74, 6) is -0.340. The Morgan fingerprint density at radius 2 is 1.86 bits per heavy atom. The van der Waals surface area contributed by atoms with E-state index in [4.69, 9.17) is 4.74 Å². The number of phenolic OH excluding ortho intramolecular Hbond substituents is 1. The molecule has 1 aliphatic rings. The summed E-state index contributed by atoms with van der Waals surface area (Å²) in [5, 5.41) is 10.7. The number of esters is 1. The molecule has 0 bridgehead atoms. The SMILES string of the molecule is Cc1cc(O)c(C(=O)OC(C)C)c2c1CC(c1ccccc1)c1cc(Br)ccc1-2. The van der Waals surface area contributed by atoms with Gasteiger partial charge in [0, 0.05) is 16.0 Å². The second kappa shape index (κ2) is 7.68. The minimum atomic E-state index is -0.485. The van der Waals surface area contributed by atoms with Gasteiger partial charge in [0.2, 0.25) is 0 Å². The summed E-state index contributed by atoms with van der Waals surface area (Å²) in [5.41, 5.74) is 6.46. The third-order valence-electron chi connectivity index (χ3n) is 5.45. The van der Waals surface area contributed by atoms with Crippen molar-refractivity contribution in [1.29, 1.82) is 0 Å². The zero-order valence-electron chi connectivity index (χ0n) is 16.7. The molecular weight excluding hydrogens is 428 g/mol. The minimum Gasteiger partial charge on any atom is -0.507 e. The van der Waals surface area contributed by atoms with E-state index in [1.165, 1.54) is 5.56 Å². The molecule has 0 radical (unpaired) electrons. The largest absolute Gasteiger partial charge is 0.507 e. The average molecular weight is 451 g/mol. The minimum absolute atomic E-state index is 0.0288. The van der Waals surface area contributed by atoms with Crippen LogP contribution in [0.15, 0.2) is 59.1 Å². The predicted molar refractivity (Wildman–Crippen MR) is 119 cm³/mol. The molecule has 148 valence electrons. The first-order chi connectivity index (χ1) is 13.9. The predicted octanol–water partition coefficient (Wildman–Crippen LogP) is 6.38. The Morgan fingerprint density at radius 3 is 2.55 bits per heavy atom. The summed E-state index contributed by atoms with van der Waals surface area (Å²) >= 11 is 3.60. The van der Waals surface area contributed by atoms with E-state index in [2.05, 4.69) is 46.3 Å². The highest BCUT2D eigenvalue weighted by molar-refractivity contribution is 9.10. The van der Waals surface area contributed by atoms with E-state index in [1.807, 2.05) is 39.0 Å². The molecule has 29 heavy (non-hydrogen) atoms. The van der Waals surface area contributed by atoms with Crippen molar-refractivity contribution >= 4 is 21.9 Å². The highest BCUT2D eigenvalue weighted by atomic mass is 79.9. The van der Waals surface area contributed by atoms with Crippen LogP contribution in [0.3, 0.4) is 0 Å². The van der Waals surface area contributed by atoms with E-state index < -0.39 is 5.97 Å². The van der Waals surface area contributed by atoms with Crippen LogP contribution in [-0.4, -0.2) is 17.2 Å². The first kappa shape index (κ1) is 19.7. The number of aromatic hydroxyl groups is 1. The number of carbonyl (C=O) groups excluding carboxylic acids is 1. The number of ether oxygens (including phenoxy) is 1. The van der Waals surface area contributed by atoms with Crippen LogP contribution < -0.4 is 0 Å². The zero-order chi connectivity index (χ0) is 20.7. The number of phenols is 1. The lowest BCUT2D eigenvalue weighted by atomic mass is 9.73. The highest BCUT2D eigenvalue weighted by Crippen LogP contribution is 2.48. The molecule has 3 aromatic carbocycles. The van der Waals surface area contributed by atoms with Gasteiger partial charge < -0.3 is 9.84 Å². The maximum atomic E-state index is 12.9. The van der Waals surface area contributed by atoms with Crippen molar-refractivity contribution in [2.24, 2.45) is 0 Å². The zero-order valence-corrected chi connectivity index (χ0v) is 18.3. The summed E-state index contributed by atoms with van der Waals surface area (Å²) in [4.78, 5) is 12.9. The Kier molecular flexibility index (Phi) is 5.22. The fourth-order valence-electron chi connectivity index (χ4n) is 4.23. The Bertz CT molecular complexity index is 1090. The molecule has 0 spiro atoms. The number of benzene rings is 3. The fraction of sp³-hybridized carbons (Fsp3) is 0.240. The summed E-state index contributed by atoms with van der Waals surface area (Å²) in [6, 6.07) is 18.2. The van der Waals surface area contributed by atoms with Crippen LogP contribution >= 0.6 is 15.9 Å². The molecule has 0 amide bonds. The molecule has 1 atom stereocenters. The van der Waals surface area contributed by atoms with Crippen LogP contribution in [0, 0.1) is 6.92 Å². The van der Waals surface area contributed by atoms with Crippen molar-refractivity contribution in [1.82, 2.24) is 0 Å². The maximum absolute atomic E-state index is 12.9. The molecule has 0 saturated heterocycles. The molecule has 0 aromatic heterocycles. The normalized spacial score (nSPS) is 15.0. The number of hydrogen-bond acceptors (Lipinski definition) is 3. The molecule has 0 aliphatic heterocycles. The van der Waals surface area contributed by atoms with Crippen molar-refractivity contribution in [2.75, 3.05) is 0 Å². The van der Waals surface area contributed by atoms with E-state index >= 15 is 0 Å². The van der Waals surface area contributed by atoms with Crippen LogP contribution in [0.25, 0.3) is 11.1 Å². The molecule has 0 saturated carbocycles. The van der Waals surface area contributed by atoms with Gasteiger partial charge in [0.1, 0.15) is 11.3 Å². The van der Waals surface area contributed by atoms with Crippen molar-refractivity contribution < 1.29 is 14.6 Å². The van der Waals surface area contributed by atoms with E-state index in [0.717, 1.165) is 38.7 Å². The number of carbonyl (C=O) groups is 1. The number of fused-ring (bicyclic) bond motifs is 3. The van der Waals surface area contributed by atoms with Gasteiger partial charge in [-0.3, -0.25) is 0 Å². The van der Waals surface area contributed by atoms with Gasteiger partial charge in [0.05, 0.1) is 6.10 Å². The Morgan fingerprint density at radius 1 is 1.14 bits per heavy atom. The van der Waals surface area contributed by atoms with E-state index in [0.29, 0.717) is 0 Å². The lowest BCUT2D eigenvalue weighted by Gasteiger charge is -2.31. The van der Waals surface area contributed by atoms with Crippen molar-refractivity contribution in [3.05, 3.63) is 86.9 Å². The van der Waals surface area contributed by atoms with Gasteiger partial charge >= 0.3 is 5.97 Å². The lowest BCUT2D eigenvalue weighted by Crippen LogP contribution is -2.19. The summed E-state index contributed by atoms with van der Waals surface area (Å²) in [6.07, 6.45) is 0.501. The second-order valence-corrected chi connectivity index (χ2v) is 8.71. The van der Waals surface area contributed by atoms with Crippen LogP contribution in [0.2, 0.25) is 0 Å². The van der Waals surface area contributed by atoms with Gasteiger partial charge in [0.15, 0.2) is 0 Å². The fourth-order valence-corrected chi connectivity index (χ4v) is 4.61. The molecule has 0 fully saturated rings. The lowest BCUT2D eigenvalue weighted by molar-refractivity contribution is 0.0375. The number of aryl methyl sites for hydroxylation is 1. The van der Waals surface area contributed by atoms with Crippen molar-refractivity contribution in [3.8, 4) is 16.9 Å². The molecular formula is C25H23BrO3. The van der Waals surface area contributed by atoms with Gasteiger partial charge in [-0.1, -0.05) is 52.3 Å². The highest BCUT2D eigenvalue weighted by Gasteiger charge is 2.33. The second-order valence-electron chi connectivity index (χ2n) is 7.79. The standard InChI is InChI=1S/C25H23BrO3/c1-14(2)29-25(28)24-22(27)11-15(3)19-13-20(16-7-5-4-6-8-16)21-12-17(26)9-10-18(21)23(19)24/h4-12,14,20,27H,13H2,1-3H3. The van der Waals surface area contributed by atoms with Crippen molar-refractivity contribution in [3.63, 3.8) is 0 Å². The van der Waals surface area contributed by atoms with Gasteiger partial charge in [-0.15, -0.1) is 0 Å². The molecule has 0 heterocycles.